The van der Waals surface area contributed by atoms with Crippen LogP contribution >= 0.6 is 47.2 Å². The maximum atomic E-state index is 6.22. The first-order valence-electron chi connectivity index (χ1n) is 9.16. The second-order valence-electron chi connectivity index (χ2n) is 6.37. The molecule has 0 saturated heterocycles. The summed E-state index contributed by atoms with van der Waals surface area (Å²) in [6, 6.07) is 11.1. The van der Waals surface area contributed by atoms with Crippen LogP contribution in [-0.2, 0) is 13.2 Å². The fraction of sp³-hybridized carbons (Fsp3) is 0.429. The van der Waals surface area contributed by atoms with Crippen LogP contribution in [0.2, 0.25) is 15.1 Å². The van der Waals surface area contributed by atoms with Gasteiger partial charge in [-0.2, -0.15) is 0 Å². The molecule has 2 nitrogen and oxygen atoms in total. The van der Waals surface area contributed by atoms with E-state index in [9.17, 15) is 0 Å². The average molecular weight is 451 g/mol. The molecule has 6 heteroatoms. The zero-order valence-corrected chi connectivity index (χ0v) is 18.7. The van der Waals surface area contributed by atoms with Gasteiger partial charge in [-0.25, -0.2) is 0 Å². The van der Waals surface area contributed by atoms with Crippen molar-refractivity contribution in [1.29, 1.82) is 0 Å². The number of ether oxygens (including phenoxy) is 1. The molecule has 0 radical (unpaired) electrons. The summed E-state index contributed by atoms with van der Waals surface area (Å²) in [7, 11) is 0. The average Bonchev–Trinajstić information content (AvgIpc) is 2.61. The van der Waals surface area contributed by atoms with E-state index in [1.807, 2.05) is 30.3 Å². The summed E-state index contributed by atoms with van der Waals surface area (Å²) in [5.74, 6) is 0.818. The van der Waals surface area contributed by atoms with E-state index < -0.39 is 0 Å². The Hall–Kier alpha value is -0.640. The second-order valence-corrected chi connectivity index (χ2v) is 7.65. The minimum atomic E-state index is 0. The lowest BCUT2D eigenvalue weighted by Gasteiger charge is -2.14. The molecular formula is C21H27Cl4NO. The molecule has 0 aromatic heterocycles. The van der Waals surface area contributed by atoms with Crippen molar-refractivity contribution < 1.29 is 4.74 Å². The SMILES string of the molecule is CCCCCCCNCc1cc(Cl)ccc1OCc1ccc(Cl)cc1Cl.Cl. The van der Waals surface area contributed by atoms with E-state index in [1.54, 1.807) is 6.07 Å². The maximum Gasteiger partial charge on any atom is 0.124 e. The Morgan fingerprint density at radius 3 is 2.30 bits per heavy atom. The molecule has 0 aliphatic rings. The normalized spacial score (nSPS) is 10.5. The summed E-state index contributed by atoms with van der Waals surface area (Å²) in [6.07, 6.45) is 6.37. The van der Waals surface area contributed by atoms with Gasteiger partial charge in [-0.1, -0.05) is 73.5 Å². The van der Waals surface area contributed by atoms with Gasteiger partial charge in [0.1, 0.15) is 12.4 Å². The summed E-state index contributed by atoms with van der Waals surface area (Å²) < 4.78 is 5.98. The molecule has 2 aromatic rings. The highest BCUT2D eigenvalue weighted by Crippen LogP contribution is 2.26. The number of halogens is 4. The zero-order chi connectivity index (χ0) is 18.8. The quantitative estimate of drug-likeness (QED) is 0.354. The smallest absolute Gasteiger partial charge is 0.124 e. The Kier molecular flexibility index (Phi) is 12.2. The summed E-state index contributed by atoms with van der Waals surface area (Å²) in [4.78, 5) is 0. The zero-order valence-electron chi connectivity index (χ0n) is 15.6. The predicted octanol–water partition coefficient (Wildman–Crippen LogP) is 7.71. The van der Waals surface area contributed by atoms with Gasteiger partial charge in [0.2, 0.25) is 0 Å². The van der Waals surface area contributed by atoms with Crippen LogP contribution < -0.4 is 10.1 Å². The number of benzene rings is 2. The lowest BCUT2D eigenvalue weighted by Crippen LogP contribution is -2.15. The van der Waals surface area contributed by atoms with Gasteiger partial charge in [-0.05, 0) is 43.3 Å². The van der Waals surface area contributed by atoms with Crippen LogP contribution in [0.3, 0.4) is 0 Å². The standard InChI is InChI=1S/C21H26Cl3NO.ClH/c1-2-3-4-5-6-11-25-14-17-12-18(22)9-10-21(17)26-15-16-7-8-19(23)13-20(16)24;/h7-10,12-13,25H,2-6,11,14-15H2,1H3;1H. The van der Waals surface area contributed by atoms with Gasteiger partial charge in [0, 0.05) is 32.7 Å². The number of hydrogen-bond acceptors (Lipinski definition) is 2. The Labute approximate surface area is 183 Å². The van der Waals surface area contributed by atoms with E-state index in [0.717, 1.165) is 30.0 Å². The predicted molar refractivity (Wildman–Crippen MR) is 120 cm³/mol. The highest BCUT2D eigenvalue weighted by atomic mass is 35.5. The molecule has 2 rings (SSSR count). The van der Waals surface area contributed by atoms with Crippen LogP contribution in [0.5, 0.6) is 5.75 Å². The minimum absolute atomic E-state index is 0. The molecule has 0 atom stereocenters. The molecule has 150 valence electrons. The van der Waals surface area contributed by atoms with E-state index >= 15 is 0 Å². The van der Waals surface area contributed by atoms with Crippen LogP contribution in [0.15, 0.2) is 36.4 Å². The summed E-state index contributed by atoms with van der Waals surface area (Å²) >= 11 is 18.3. The van der Waals surface area contributed by atoms with Crippen LogP contribution in [-0.4, -0.2) is 6.54 Å². The molecule has 0 amide bonds. The molecule has 1 N–H and O–H groups in total. The Balaban J connectivity index is 0.00000364. The molecular weight excluding hydrogens is 424 g/mol. The highest BCUT2D eigenvalue weighted by Gasteiger charge is 2.07. The van der Waals surface area contributed by atoms with Gasteiger partial charge in [0.05, 0.1) is 0 Å². The third-order valence-corrected chi connectivity index (χ3v) is 5.02. The van der Waals surface area contributed by atoms with Crippen LogP contribution in [0.4, 0.5) is 0 Å². The summed E-state index contributed by atoms with van der Waals surface area (Å²) in [6.45, 7) is 4.36. The van der Waals surface area contributed by atoms with Crippen molar-refractivity contribution in [3.63, 3.8) is 0 Å². The van der Waals surface area contributed by atoms with Gasteiger partial charge in [0.15, 0.2) is 0 Å². The molecule has 0 saturated carbocycles. The number of nitrogens with one attached hydrogen (secondary N) is 1. The summed E-state index contributed by atoms with van der Waals surface area (Å²) in [5.41, 5.74) is 1.96. The van der Waals surface area contributed by atoms with Crippen molar-refractivity contribution in [2.75, 3.05) is 6.54 Å². The van der Waals surface area contributed by atoms with Crippen LogP contribution in [0.1, 0.15) is 50.2 Å². The molecule has 0 heterocycles. The summed E-state index contributed by atoms with van der Waals surface area (Å²) in [5, 5.41) is 5.42. The molecule has 2 aromatic carbocycles. The number of rotatable bonds is 11. The molecule has 27 heavy (non-hydrogen) atoms. The van der Waals surface area contributed by atoms with Gasteiger partial charge in [0.25, 0.3) is 0 Å². The third kappa shape index (κ3) is 8.93. The molecule has 0 fully saturated rings. The van der Waals surface area contributed by atoms with E-state index in [1.165, 1.54) is 32.1 Å². The monoisotopic (exact) mass is 449 g/mol. The fourth-order valence-electron chi connectivity index (χ4n) is 2.70. The first-order valence-corrected chi connectivity index (χ1v) is 10.3. The topological polar surface area (TPSA) is 21.3 Å². The Morgan fingerprint density at radius 1 is 0.852 bits per heavy atom. The Morgan fingerprint density at radius 2 is 1.56 bits per heavy atom. The van der Waals surface area contributed by atoms with Crippen LogP contribution in [0, 0.1) is 0 Å². The van der Waals surface area contributed by atoms with Gasteiger partial charge >= 0.3 is 0 Å². The fourth-order valence-corrected chi connectivity index (χ4v) is 3.36. The van der Waals surface area contributed by atoms with Crippen molar-refractivity contribution in [2.24, 2.45) is 0 Å². The van der Waals surface area contributed by atoms with Crippen molar-refractivity contribution in [3.05, 3.63) is 62.6 Å². The molecule has 0 unspecified atom stereocenters. The Bertz CT molecular complexity index is 694. The highest BCUT2D eigenvalue weighted by molar-refractivity contribution is 6.35. The maximum absolute atomic E-state index is 6.22. The third-order valence-electron chi connectivity index (χ3n) is 4.19. The van der Waals surface area contributed by atoms with Gasteiger partial charge in [-0.3, -0.25) is 0 Å². The van der Waals surface area contributed by atoms with E-state index in [0.29, 0.717) is 21.7 Å². The number of unbranched alkanes of at least 4 members (excludes halogenated alkanes) is 4. The van der Waals surface area contributed by atoms with E-state index in [4.69, 9.17) is 39.5 Å². The first-order chi connectivity index (χ1) is 12.6. The van der Waals surface area contributed by atoms with Crippen molar-refractivity contribution in [3.8, 4) is 5.75 Å². The van der Waals surface area contributed by atoms with Crippen molar-refractivity contribution in [1.82, 2.24) is 5.32 Å². The lowest BCUT2D eigenvalue weighted by atomic mass is 10.1. The number of hydrogen-bond donors (Lipinski definition) is 1. The molecule has 0 aliphatic heterocycles. The van der Waals surface area contributed by atoms with Crippen molar-refractivity contribution >= 4 is 47.2 Å². The first kappa shape index (κ1) is 24.4. The molecule has 0 bridgehead atoms. The second kappa shape index (κ2) is 13.5. The largest absolute Gasteiger partial charge is 0.489 e. The van der Waals surface area contributed by atoms with Gasteiger partial charge < -0.3 is 10.1 Å². The van der Waals surface area contributed by atoms with Crippen LogP contribution in [0.25, 0.3) is 0 Å². The van der Waals surface area contributed by atoms with E-state index in [-0.39, 0.29) is 12.4 Å². The molecule has 0 aliphatic carbocycles. The molecule has 0 spiro atoms. The van der Waals surface area contributed by atoms with Crippen molar-refractivity contribution in [2.45, 2.75) is 52.2 Å². The lowest BCUT2D eigenvalue weighted by molar-refractivity contribution is 0.302. The minimum Gasteiger partial charge on any atom is -0.489 e. The van der Waals surface area contributed by atoms with E-state index in [2.05, 4.69) is 12.2 Å². The van der Waals surface area contributed by atoms with Gasteiger partial charge in [-0.15, -0.1) is 12.4 Å².